The van der Waals surface area contributed by atoms with Crippen molar-refractivity contribution in [1.29, 1.82) is 0 Å². The van der Waals surface area contributed by atoms with Gasteiger partial charge in [-0.15, -0.1) is 0 Å². The number of aromatic nitrogens is 1. The van der Waals surface area contributed by atoms with Crippen LogP contribution >= 0.6 is 12.2 Å². The third-order valence-corrected chi connectivity index (χ3v) is 4.84. The summed E-state index contributed by atoms with van der Waals surface area (Å²) in [6.45, 7) is 8.39. The first-order valence-electron chi connectivity index (χ1n) is 9.80. The number of H-pyrrole nitrogens is 1. The Balaban J connectivity index is 1.88. The maximum absolute atomic E-state index is 12.7. The Labute approximate surface area is 175 Å². The van der Waals surface area contributed by atoms with Gasteiger partial charge >= 0.3 is 0 Å². The first kappa shape index (κ1) is 20.9. The van der Waals surface area contributed by atoms with Crippen molar-refractivity contribution >= 4 is 28.2 Å². The normalized spacial score (nSPS) is 11.0. The van der Waals surface area contributed by atoms with Crippen LogP contribution in [0.15, 0.2) is 51.9 Å². The van der Waals surface area contributed by atoms with Gasteiger partial charge in [-0.3, -0.25) is 4.79 Å². The molecule has 0 atom stereocenters. The van der Waals surface area contributed by atoms with Crippen molar-refractivity contribution in [2.45, 2.75) is 33.9 Å². The Morgan fingerprint density at radius 1 is 1.28 bits per heavy atom. The molecule has 2 heterocycles. The van der Waals surface area contributed by atoms with Crippen LogP contribution in [0.25, 0.3) is 10.9 Å². The van der Waals surface area contributed by atoms with Crippen molar-refractivity contribution in [3.05, 3.63) is 64.3 Å². The van der Waals surface area contributed by atoms with Gasteiger partial charge in [0.05, 0.1) is 26.0 Å². The van der Waals surface area contributed by atoms with Crippen LogP contribution < -0.4 is 15.6 Å². The van der Waals surface area contributed by atoms with E-state index < -0.39 is 0 Å². The monoisotopic (exact) mass is 413 g/mol. The second kappa shape index (κ2) is 9.60. The third-order valence-electron chi connectivity index (χ3n) is 4.44. The van der Waals surface area contributed by atoms with Gasteiger partial charge in [-0.1, -0.05) is 13.8 Å². The molecule has 0 radical (unpaired) electrons. The molecule has 0 fully saturated rings. The van der Waals surface area contributed by atoms with E-state index in [4.69, 9.17) is 21.4 Å². The fourth-order valence-corrected chi connectivity index (χ4v) is 3.22. The Bertz CT molecular complexity index is 1010. The van der Waals surface area contributed by atoms with Crippen LogP contribution in [0, 0.1) is 5.92 Å². The predicted molar refractivity (Wildman–Crippen MR) is 119 cm³/mol. The molecule has 3 aromatic rings. The highest BCUT2D eigenvalue weighted by molar-refractivity contribution is 7.80. The average Bonchev–Trinajstić information content (AvgIpc) is 3.19. The van der Waals surface area contributed by atoms with Crippen LogP contribution in [0.1, 0.15) is 32.1 Å². The summed E-state index contributed by atoms with van der Waals surface area (Å²) in [6.07, 6.45) is 1.64. The SMILES string of the molecule is CCOc1ccc2[nH]c(=O)c(CN(Cc3ccco3)C(=S)NCC(C)C)cc2c1. The Hall–Kier alpha value is -2.80. The average molecular weight is 414 g/mol. The first-order chi connectivity index (χ1) is 14.0. The van der Waals surface area contributed by atoms with E-state index in [1.54, 1.807) is 6.26 Å². The molecule has 6 nitrogen and oxygen atoms in total. The van der Waals surface area contributed by atoms with Crippen LogP contribution in [0.3, 0.4) is 0 Å². The molecule has 0 aliphatic carbocycles. The van der Waals surface area contributed by atoms with E-state index in [9.17, 15) is 4.79 Å². The van der Waals surface area contributed by atoms with Gasteiger partial charge in [-0.05, 0) is 61.5 Å². The highest BCUT2D eigenvalue weighted by Gasteiger charge is 2.15. The molecular weight excluding hydrogens is 386 g/mol. The van der Waals surface area contributed by atoms with Gasteiger partial charge in [-0.2, -0.15) is 0 Å². The smallest absolute Gasteiger partial charge is 0.253 e. The number of nitrogens with zero attached hydrogens (tertiary/aromatic N) is 1. The van der Waals surface area contributed by atoms with E-state index in [-0.39, 0.29) is 5.56 Å². The van der Waals surface area contributed by atoms with Crippen LogP contribution in [0.4, 0.5) is 0 Å². The van der Waals surface area contributed by atoms with Gasteiger partial charge in [0.15, 0.2) is 5.11 Å². The minimum absolute atomic E-state index is 0.127. The molecule has 154 valence electrons. The lowest BCUT2D eigenvalue weighted by atomic mass is 10.1. The summed E-state index contributed by atoms with van der Waals surface area (Å²) in [5.74, 6) is 2.02. The molecule has 1 aromatic carbocycles. The summed E-state index contributed by atoms with van der Waals surface area (Å²) in [5.41, 5.74) is 1.28. The van der Waals surface area contributed by atoms with E-state index in [2.05, 4.69) is 24.1 Å². The Morgan fingerprint density at radius 2 is 2.10 bits per heavy atom. The van der Waals surface area contributed by atoms with Crippen molar-refractivity contribution in [1.82, 2.24) is 15.2 Å². The molecule has 2 N–H and O–H groups in total. The van der Waals surface area contributed by atoms with Crippen molar-refractivity contribution in [2.24, 2.45) is 5.92 Å². The number of thiocarbonyl (C=S) groups is 1. The highest BCUT2D eigenvalue weighted by atomic mass is 32.1. The summed E-state index contributed by atoms with van der Waals surface area (Å²) in [6, 6.07) is 11.3. The number of benzene rings is 1. The fraction of sp³-hybridized carbons (Fsp3) is 0.364. The molecular formula is C22H27N3O3S. The molecule has 0 saturated heterocycles. The van der Waals surface area contributed by atoms with Crippen LogP contribution in [0.2, 0.25) is 0 Å². The number of nitrogens with one attached hydrogen (secondary N) is 2. The minimum atomic E-state index is -0.127. The molecule has 0 amide bonds. The zero-order valence-corrected chi connectivity index (χ0v) is 17.8. The number of furan rings is 1. The maximum Gasteiger partial charge on any atom is 0.253 e. The zero-order chi connectivity index (χ0) is 20.8. The van der Waals surface area contributed by atoms with Crippen molar-refractivity contribution in [3.63, 3.8) is 0 Å². The quantitative estimate of drug-likeness (QED) is 0.543. The lowest BCUT2D eigenvalue weighted by molar-refractivity contribution is 0.340. The van der Waals surface area contributed by atoms with E-state index in [0.717, 1.165) is 29.0 Å². The van der Waals surface area contributed by atoms with Crippen molar-refractivity contribution in [3.8, 4) is 5.75 Å². The third kappa shape index (κ3) is 5.60. The lowest BCUT2D eigenvalue weighted by Crippen LogP contribution is -2.41. The van der Waals surface area contributed by atoms with E-state index in [0.29, 0.717) is 36.3 Å². The van der Waals surface area contributed by atoms with Gasteiger partial charge in [0, 0.05) is 23.0 Å². The molecule has 0 saturated carbocycles. The first-order valence-corrected chi connectivity index (χ1v) is 10.2. The summed E-state index contributed by atoms with van der Waals surface area (Å²) in [4.78, 5) is 17.6. The number of pyridine rings is 1. The molecule has 7 heteroatoms. The maximum atomic E-state index is 12.7. The molecule has 0 bridgehead atoms. The summed E-state index contributed by atoms with van der Waals surface area (Å²) in [5, 5.41) is 4.80. The standard InChI is InChI=1S/C22H27N3O3S/c1-4-27-18-7-8-20-16(11-18)10-17(21(26)24-20)13-25(14-19-6-5-9-28-19)22(29)23-12-15(2)3/h5-11,15H,4,12-14H2,1-3H3,(H,23,29)(H,24,26). The molecule has 2 aromatic heterocycles. The van der Waals surface area contributed by atoms with Crippen LogP contribution in [0.5, 0.6) is 5.75 Å². The van der Waals surface area contributed by atoms with Gasteiger partial charge in [-0.25, -0.2) is 0 Å². The van der Waals surface area contributed by atoms with Gasteiger partial charge < -0.3 is 24.4 Å². The molecule has 29 heavy (non-hydrogen) atoms. The lowest BCUT2D eigenvalue weighted by Gasteiger charge is -2.25. The van der Waals surface area contributed by atoms with Crippen molar-refractivity contribution in [2.75, 3.05) is 13.2 Å². The van der Waals surface area contributed by atoms with Gasteiger partial charge in [0.25, 0.3) is 5.56 Å². The van der Waals surface area contributed by atoms with Gasteiger partial charge in [0.2, 0.25) is 0 Å². The zero-order valence-electron chi connectivity index (χ0n) is 17.0. The molecule has 0 aliphatic rings. The topological polar surface area (TPSA) is 70.5 Å². The Morgan fingerprint density at radius 3 is 2.79 bits per heavy atom. The second-order valence-corrected chi connectivity index (χ2v) is 7.71. The number of hydrogen-bond donors (Lipinski definition) is 2. The highest BCUT2D eigenvalue weighted by Crippen LogP contribution is 2.20. The Kier molecular flexibility index (Phi) is 6.93. The molecule has 0 spiro atoms. The van der Waals surface area contributed by atoms with E-state index >= 15 is 0 Å². The summed E-state index contributed by atoms with van der Waals surface area (Å²) >= 11 is 5.60. The molecule has 3 rings (SSSR count). The van der Waals surface area contributed by atoms with E-state index in [1.807, 2.05) is 48.2 Å². The van der Waals surface area contributed by atoms with Crippen LogP contribution in [-0.4, -0.2) is 28.1 Å². The number of aromatic amines is 1. The fourth-order valence-electron chi connectivity index (χ4n) is 3.00. The number of rotatable bonds is 8. The van der Waals surface area contributed by atoms with Crippen LogP contribution in [-0.2, 0) is 13.1 Å². The summed E-state index contributed by atoms with van der Waals surface area (Å²) in [7, 11) is 0. The van der Waals surface area contributed by atoms with Gasteiger partial charge in [0.1, 0.15) is 11.5 Å². The number of ether oxygens (including phenoxy) is 1. The molecule has 0 aliphatic heterocycles. The molecule has 0 unspecified atom stereocenters. The number of hydrogen-bond acceptors (Lipinski definition) is 4. The van der Waals surface area contributed by atoms with E-state index in [1.165, 1.54) is 0 Å². The predicted octanol–water partition coefficient (Wildman–Crippen LogP) is 4.05. The minimum Gasteiger partial charge on any atom is -0.494 e. The largest absolute Gasteiger partial charge is 0.494 e. The summed E-state index contributed by atoms with van der Waals surface area (Å²) < 4.78 is 11.1. The van der Waals surface area contributed by atoms with Crippen molar-refractivity contribution < 1.29 is 9.15 Å². The second-order valence-electron chi connectivity index (χ2n) is 7.32. The number of fused-ring (bicyclic) bond motifs is 1.